The van der Waals surface area contributed by atoms with Gasteiger partial charge in [-0.25, -0.2) is 15.2 Å². The van der Waals surface area contributed by atoms with E-state index in [4.69, 9.17) is 0 Å². The van der Waals surface area contributed by atoms with E-state index in [1.807, 2.05) is 29.2 Å². The average Bonchev–Trinajstić information content (AvgIpc) is 2.95. The molecule has 3 N–H and O–H groups in total. The van der Waals surface area contributed by atoms with Gasteiger partial charge in [-0.2, -0.15) is 5.10 Å². The van der Waals surface area contributed by atoms with Gasteiger partial charge < -0.3 is 4.98 Å². The Morgan fingerprint density at radius 3 is 2.96 bits per heavy atom. The molecule has 0 saturated carbocycles. The van der Waals surface area contributed by atoms with Gasteiger partial charge in [0.25, 0.3) is 11.5 Å². The quantitative estimate of drug-likeness (QED) is 0.354. The van der Waals surface area contributed by atoms with E-state index >= 15 is 0 Å². The number of nitrogens with one attached hydrogen (secondary N) is 3. The monoisotopic (exact) mass is 361 g/mol. The van der Waals surface area contributed by atoms with Crippen LogP contribution in [0.2, 0.25) is 0 Å². The van der Waals surface area contributed by atoms with Gasteiger partial charge in [-0.3, -0.25) is 14.6 Å². The molecule has 0 radical (unpaired) electrons. The molecule has 8 nitrogen and oxygen atoms in total. The first-order valence-corrected chi connectivity index (χ1v) is 8.54. The fourth-order valence-electron chi connectivity index (χ4n) is 1.80. The zero-order chi connectivity index (χ0) is 16.9. The number of aromatic amines is 2. The van der Waals surface area contributed by atoms with Crippen LogP contribution in [0, 0.1) is 0 Å². The fraction of sp³-hybridized carbons (Fsp3) is 0.0714. The summed E-state index contributed by atoms with van der Waals surface area (Å²) in [5, 5.41) is 3.70. The summed E-state index contributed by atoms with van der Waals surface area (Å²) in [6.45, 7) is 0. The normalized spacial score (nSPS) is 11.2. The fourth-order valence-corrected chi connectivity index (χ4v) is 3.66. The van der Waals surface area contributed by atoms with Crippen LogP contribution >= 0.6 is 23.1 Å². The lowest BCUT2D eigenvalue weighted by Crippen LogP contribution is -2.24. The van der Waals surface area contributed by atoms with Crippen LogP contribution in [0.15, 0.2) is 49.4 Å². The molecule has 24 heavy (non-hydrogen) atoms. The summed E-state index contributed by atoms with van der Waals surface area (Å²) < 4.78 is 1.87. The zero-order valence-electron chi connectivity index (χ0n) is 12.1. The van der Waals surface area contributed by atoms with Crippen LogP contribution in [0.25, 0.3) is 10.2 Å². The van der Waals surface area contributed by atoms with Crippen molar-refractivity contribution >= 4 is 45.4 Å². The number of aromatic nitrogens is 3. The van der Waals surface area contributed by atoms with Crippen molar-refractivity contribution in [2.75, 3.05) is 5.75 Å². The van der Waals surface area contributed by atoms with Crippen molar-refractivity contribution in [3.63, 3.8) is 0 Å². The lowest BCUT2D eigenvalue weighted by Gasteiger charge is -1.97. The lowest BCUT2D eigenvalue weighted by atomic mass is 10.3. The number of carbonyl (C=O) groups is 1. The Kier molecular flexibility index (Phi) is 4.87. The number of H-pyrrole nitrogens is 2. The van der Waals surface area contributed by atoms with E-state index in [0.717, 1.165) is 20.6 Å². The summed E-state index contributed by atoms with van der Waals surface area (Å²) >= 11 is 2.83. The number of thioether (sulfide) groups is 1. The van der Waals surface area contributed by atoms with Crippen LogP contribution < -0.4 is 16.7 Å². The van der Waals surface area contributed by atoms with E-state index in [1.165, 1.54) is 29.3 Å². The predicted octanol–water partition coefficient (Wildman–Crippen LogP) is 0.915. The molecule has 0 unspecified atom stereocenters. The molecule has 0 aliphatic heterocycles. The molecular formula is C14H11N5O3S2. The zero-order valence-corrected chi connectivity index (χ0v) is 13.7. The lowest BCUT2D eigenvalue weighted by molar-refractivity contribution is -0.118. The van der Waals surface area contributed by atoms with Crippen molar-refractivity contribution in [2.45, 2.75) is 4.34 Å². The Morgan fingerprint density at radius 1 is 1.33 bits per heavy atom. The molecule has 0 atom stereocenters. The number of amides is 1. The van der Waals surface area contributed by atoms with Gasteiger partial charge in [-0.05, 0) is 12.1 Å². The maximum Gasteiger partial charge on any atom is 0.326 e. The van der Waals surface area contributed by atoms with Crippen LogP contribution in [0.1, 0.15) is 5.69 Å². The number of rotatable bonds is 5. The van der Waals surface area contributed by atoms with Gasteiger partial charge in [-0.1, -0.05) is 23.9 Å². The highest BCUT2D eigenvalue weighted by Gasteiger charge is 2.06. The Balaban J connectivity index is 1.54. The number of hydrogen-bond acceptors (Lipinski definition) is 7. The van der Waals surface area contributed by atoms with E-state index in [9.17, 15) is 14.4 Å². The van der Waals surface area contributed by atoms with Gasteiger partial charge in [-0.15, -0.1) is 11.3 Å². The van der Waals surface area contributed by atoms with Gasteiger partial charge >= 0.3 is 5.69 Å². The second-order valence-corrected chi connectivity index (χ2v) is 6.83. The first-order chi connectivity index (χ1) is 11.6. The number of benzene rings is 1. The molecule has 0 saturated heterocycles. The molecule has 1 amide bonds. The van der Waals surface area contributed by atoms with Crippen LogP contribution in [-0.2, 0) is 4.79 Å². The summed E-state index contributed by atoms with van der Waals surface area (Å²) in [6, 6.07) is 8.91. The number of nitrogens with zero attached hydrogens (tertiary/aromatic N) is 2. The largest absolute Gasteiger partial charge is 0.326 e. The van der Waals surface area contributed by atoms with Crippen LogP contribution in [0.4, 0.5) is 0 Å². The van der Waals surface area contributed by atoms with Gasteiger partial charge in [0, 0.05) is 6.07 Å². The predicted molar refractivity (Wildman–Crippen MR) is 93.8 cm³/mol. The number of carbonyl (C=O) groups excluding carboxylic acids is 1. The first kappa shape index (κ1) is 16.1. The van der Waals surface area contributed by atoms with Crippen molar-refractivity contribution in [1.29, 1.82) is 0 Å². The molecule has 10 heteroatoms. The Morgan fingerprint density at radius 2 is 2.17 bits per heavy atom. The molecule has 0 bridgehead atoms. The first-order valence-electron chi connectivity index (χ1n) is 6.74. The maximum absolute atomic E-state index is 11.7. The Labute approximate surface area is 143 Å². The van der Waals surface area contributed by atoms with E-state index in [1.54, 1.807) is 0 Å². The van der Waals surface area contributed by atoms with Crippen molar-refractivity contribution in [3.05, 3.63) is 56.9 Å². The molecule has 0 aliphatic rings. The summed E-state index contributed by atoms with van der Waals surface area (Å²) in [4.78, 5) is 42.7. The molecule has 3 aromatic rings. The molecule has 0 aliphatic carbocycles. The minimum atomic E-state index is -0.637. The molecule has 122 valence electrons. The van der Waals surface area contributed by atoms with Crippen molar-refractivity contribution in [3.8, 4) is 0 Å². The third-order valence-electron chi connectivity index (χ3n) is 2.78. The summed E-state index contributed by atoms with van der Waals surface area (Å²) in [5.41, 5.74) is 2.25. The average molecular weight is 361 g/mol. The standard InChI is InChI=1S/C14H11N5O3S2/c20-11-5-8(16-13(22)18-11)6-15-19-12(21)7-23-14-17-9-3-1-2-4-10(9)24-14/h1-6H,7H2,(H,19,21)(H2,16,18,20,22)/b15-6+. The third kappa shape index (κ3) is 4.18. The molecule has 1 aromatic carbocycles. The summed E-state index contributed by atoms with van der Waals surface area (Å²) in [6.07, 6.45) is 1.19. The minimum Gasteiger partial charge on any atom is -0.306 e. The van der Waals surface area contributed by atoms with Crippen molar-refractivity contribution in [2.24, 2.45) is 5.10 Å². The molecule has 3 rings (SSSR count). The third-order valence-corrected chi connectivity index (χ3v) is 4.95. The Bertz CT molecular complexity index is 959. The minimum absolute atomic E-state index is 0.156. The molecule has 0 fully saturated rings. The number of fused-ring (bicyclic) bond motifs is 1. The molecule has 2 aromatic heterocycles. The highest BCUT2D eigenvalue weighted by Crippen LogP contribution is 2.28. The number of thiazole rings is 1. The van der Waals surface area contributed by atoms with E-state index in [-0.39, 0.29) is 17.4 Å². The van der Waals surface area contributed by atoms with Gasteiger partial charge in [0.2, 0.25) is 0 Å². The van der Waals surface area contributed by atoms with Gasteiger partial charge in [0.1, 0.15) is 0 Å². The number of hydrazone groups is 1. The van der Waals surface area contributed by atoms with Gasteiger partial charge in [0.15, 0.2) is 4.34 Å². The second kappa shape index (κ2) is 7.23. The topological polar surface area (TPSA) is 120 Å². The summed E-state index contributed by atoms with van der Waals surface area (Å²) in [5.74, 6) is -0.161. The molecule has 0 spiro atoms. The van der Waals surface area contributed by atoms with Crippen LogP contribution in [-0.4, -0.2) is 32.8 Å². The SMILES string of the molecule is O=C(CSc1nc2ccccc2s1)N/N=C/c1cc(=O)[nH]c(=O)[nH]1. The van der Waals surface area contributed by atoms with E-state index in [0.29, 0.717) is 0 Å². The van der Waals surface area contributed by atoms with Crippen molar-refractivity contribution in [1.82, 2.24) is 20.4 Å². The highest BCUT2D eigenvalue weighted by atomic mass is 32.2. The van der Waals surface area contributed by atoms with Crippen LogP contribution in [0.3, 0.4) is 0 Å². The maximum atomic E-state index is 11.7. The van der Waals surface area contributed by atoms with E-state index in [2.05, 4.69) is 20.5 Å². The van der Waals surface area contributed by atoms with Gasteiger partial charge in [0.05, 0.1) is 27.9 Å². The summed E-state index contributed by atoms with van der Waals surface area (Å²) in [7, 11) is 0. The second-order valence-electron chi connectivity index (χ2n) is 4.57. The highest BCUT2D eigenvalue weighted by molar-refractivity contribution is 8.01. The van der Waals surface area contributed by atoms with Crippen molar-refractivity contribution < 1.29 is 4.79 Å². The molecule has 2 heterocycles. The number of hydrogen-bond donors (Lipinski definition) is 3. The van der Waals surface area contributed by atoms with E-state index < -0.39 is 11.2 Å². The van der Waals surface area contributed by atoms with Crippen LogP contribution in [0.5, 0.6) is 0 Å². The smallest absolute Gasteiger partial charge is 0.306 e. The molecular weight excluding hydrogens is 350 g/mol. The Hall–Kier alpha value is -2.72. The number of para-hydroxylation sites is 1.